The summed E-state index contributed by atoms with van der Waals surface area (Å²) < 4.78 is 7.00. The molecule has 0 bridgehead atoms. The molecule has 0 aliphatic heterocycles. The van der Waals surface area contributed by atoms with Crippen LogP contribution < -0.4 is 10.9 Å². The number of fused-ring (bicyclic) bond motifs is 1. The Bertz CT molecular complexity index is 1440. The van der Waals surface area contributed by atoms with Gasteiger partial charge in [-0.3, -0.25) is 9.59 Å². The number of amides is 1. The van der Waals surface area contributed by atoms with Crippen molar-refractivity contribution in [2.75, 3.05) is 11.9 Å². The predicted octanol–water partition coefficient (Wildman–Crippen LogP) is 5.76. The summed E-state index contributed by atoms with van der Waals surface area (Å²) in [6.07, 6.45) is 0. The van der Waals surface area contributed by atoms with Crippen molar-refractivity contribution in [1.82, 2.24) is 9.78 Å². The van der Waals surface area contributed by atoms with Crippen molar-refractivity contribution in [3.63, 3.8) is 0 Å². The zero-order valence-corrected chi connectivity index (χ0v) is 21.2. The van der Waals surface area contributed by atoms with Gasteiger partial charge in [0.1, 0.15) is 5.00 Å². The van der Waals surface area contributed by atoms with Crippen LogP contribution in [0.1, 0.15) is 53.1 Å². The predicted molar refractivity (Wildman–Crippen MR) is 137 cm³/mol. The fraction of sp³-hybridized carbons (Fsp3) is 0.200. The standard InChI is InChI=1S/C25H22BrN3O4S/c1-4-33-25(32)21-18-13-34-23(27-22(30)17-7-5-6-8-19(17)26)20(18)24(31)29(28-21)16-11-9-15(10-12-16)14(2)3/h5-14H,4H2,1-3H3,(H,27,30). The van der Waals surface area contributed by atoms with Crippen LogP contribution in [0.2, 0.25) is 0 Å². The number of ether oxygens (including phenoxy) is 1. The van der Waals surface area contributed by atoms with E-state index in [1.165, 1.54) is 4.68 Å². The number of rotatable bonds is 6. The summed E-state index contributed by atoms with van der Waals surface area (Å²) in [6.45, 7) is 6.03. The molecule has 2 aromatic heterocycles. The lowest BCUT2D eigenvalue weighted by atomic mass is 10.0. The summed E-state index contributed by atoms with van der Waals surface area (Å²) in [5.41, 5.74) is 1.62. The number of aromatic nitrogens is 2. The molecular weight excluding hydrogens is 518 g/mol. The van der Waals surface area contributed by atoms with E-state index in [1.807, 2.05) is 18.2 Å². The van der Waals surface area contributed by atoms with Crippen LogP contribution >= 0.6 is 27.3 Å². The van der Waals surface area contributed by atoms with E-state index in [-0.39, 0.29) is 23.6 Å². The number of carbonyl (C=O) groups is 2. The Morgan fingerprint density at radius 2 is 1.85 bits per heavy atom. The minimum Gasteiger partial charge on any atom is -0.461 e. The Morgan fingerprint density at radius 3 is 2.50 bits per heavy atom. The molecule has 0 unspecified atom stereocenters. The summed E-state index contributed by atoms with van der Waals surface area (Å²) in [7, 11) is 0. The van der Waals surface area contributed by atoms with Gasteiger partial charge in [-0.1, -0.05) is 38.1 Å². The van der Waals surface area contributed by atoms with Gasteiger partial charge < -0.3 is 10.1 Å². The third-order valence-corrected chi connectivity index (χ3v) is 6.86. The van der Waals surface area contributed by atoms with Crippen molar-refractivity contribution in [1.29, 1.82) is 0 Å². The maximum Gasteiger partial charge on any atom is 0.359 e. The molecule has 0 fully saturated rings. The van der Waals surface area contributed by atoms with Crippen LogP contribution in [0.15, 0.2) is 63.2 Å². The van der Waals surface area contributed by atoms with Gasteiger partial charge in [0.05, 0.1) is 23.2 Å². The highest BCUT2D eigenvalue weighted by Crippen LogP contribution is 2.31. The first-order valence-corrected chi connectivity index (χ1v) is 12.4. The molecule has 0 atom stereocenters. The van der Waals surface area contributed by atoms with Crippen LogP contribution in [0.5, 0.6) is 0 Å². The van der Waals surface area contributed by atoms with Crippen molar-refractivity contribution in [3.8, 4) is 5.69 Å². The van der Waals surface area contributed by atoms with Crippen molar-refractivity contribution >= 4 is 54.9 Å². The molecule has 174 valence electrons. The molecule has 0 spiro atoms. The van der Waals surface area contributed by atoms with Crippen LogP contribution in [0.4, 0.5) is 5.00 Å². The van der Waals surface area contributed by atoms with Crippen molar-refractivity contribution in [2.24, 2.45) is 0 Å². The fourth-order valence-corrected chi connectivity index (χ4v) is 4.88. The molecule has 4 rings (SSSR count). The van der Waals surface area contributed by atoms with Crippen molar-refractivity contribution in [3.05, 3.63) is 85.6 Å². The van der Waals surface area contributed by atoms with Gasteiger partial charge in [-0.25, -0.2) is 4.79 Å². The molecule has 4 aromatic rings. The van der Waals surface area contributed by atoms with Crippen molar-refractivity contribution in [2.45, 2.75) is 26.7 Å². The lowest BCUT2D eigenvalue weighted by Crippen LogP contribution is -2.25. The largest absolute Gasteiger partial charge is 0.461 e. The molecular formula is C25H22BrN3O4S. The number of hydrogen-bond donors (Lipinski definition) is 1. The van der Waals surface area contributed by atoms with Gasteiger partial charge in [0, 0.05) is 15.2 Å². The smallest absolute Gasteiger partial charge is 0.359 e. The molecule has 0 aliphatic rings. The minimum atomic E-state index is -0.637. The maximum atomic E-state index is 13.5. The summed E-state index contributed by atoms with van der Waals surface area (Å²) in [5.74, 6) is -0.688. The molecule has 0 saturated carbocycles. The number of hydrogen-bond acceptors (Lipinski definition) is 6. The Kier molecular flexibility index (Phi) is 6.95. The summed E-state index contributed by atoms with van der Waals surface area (Å²) in [6, 6.07) is 14.4. The molecule has 0 aliphatic carbocycles. The zero-order valence-electron chi connectivity index (χ0n) is 18.8. The first kappa shape index (κ1) is 23.8. The average Bonchev–Trinajstić information content (AvgIpc) is 3.24. The molecule has 34 heavy (non-hydrogen) atoms. The maximum absolute atomic E-state index is 13.5. The number of halogens is 1. The summed E-state index contributed by atoms with van der Waals surface area (Å²) in [4.78, 5) is 39.2. The number of nitrogens with one attached hydrogen (secondary N) is 1. The Labute approximate surface area is 208 Å². The van der Waals surface area contributed by atoms with Gasteiger partial charge in [-0.05, 0) is 58.6 Å². The van der Waals surface area contributed by atoms with Gasteiger partial charge >= 0.3 is 5.97 Å². The number of thiophene rings is 1. The highest BCUT2D eigenvalue weighted by Gasteiger charge is 2.23. The van der Waals surface area contributed by atoms with E-state index in [2.05, 4.69) is 40.2 Å². The second-order valence-corrected chi connectivity index (χ2v) is 9.55. The molecule has 7 nitrogen and oxygen atoms in total. The van der Waals surface area contributed by atoms with E-state index in [1.54, 1.807) is 42.6 Å². The van der Waals surface area contributed by atoms with E-state index < -0.39 is 11.5 Å². The van der Waals surface area contributed by atoms with Gasteiger partial charge in [-0.15, -0.1) is 11.3 Å². The second-order valence-electron chi connectivity index (χ2n) is 7.82. The van der Waals surface area contributed by atoms with Gasteiger partial charge in [0.15, 0.2) is 5.69 Å². The Morgan fingerprint density at radius 1 is 1.15 bits per heavy atom. The minimum absolute atomic E-state index is 0.0158. The van der Waals surface area contributed by atoms with Crippen LogP contribution in [0.3, 0.4) is 0 Å². The lowest BCUT2D eigenvalue weighted by molar-refractivity contribution is 0.0520. The SMILES string of the molecule is CCOC(=O)c1nn(-c2ccc(C(C)C)cc2)c(=O)c2c(NC(=O)c3ccccc3Br)scc12. The van der Waals surface area contributed by atoms with Crippen molar-refractivity contribution < 1.29 is 14.3 Å². The topological polar surface area (TPSA) is 90.3 Å². The monoisotopic (exact) mass is 539 g/mol. The van der Waals surface area contributed by atoms with Gasteiger partial charge in [-0.2, -0.15) is 9.78 Å². The first-order chi connectivity index (χ1) is 16.3. The third-order valence-electron chi connectivity index (χ3n) is 5.27. The van der Waals surface area contributed by atoms with Gasteiger partial charge in [0.2, 0.25) is 0 Å². The van der Waals surface area contributed by atoms with E-state index in [4.69, 9.17) is 4.74 Å². The lowest BCUT2D eigenvalue weighted by Gasteiger charge is -2.11. The first-order valence-electron chi connectivity index (χ1n) is 10.7. The molecule has 1 amide bonds. The fourth-order valence-electron chi connectivity index (χ4n) is 3.48. The molecule has 0 radical (unpaired) electrons. The van der Waals surface area contributed by atoms with Crippen LogP contribution in [-0.2, 0) is 4.74 Å². The number of esters is 1. The Balaban J connectivity index is 1.87. The number of carbonyl (C=O) groups excluding carboxylic acids is 2. The highest BCUT2D eigenvalue weighted by molar-refractivity contribution is 9.10. The molecule has 2 aromatic carbocycles. The normalized spacial score (nSPS) is 11.1. The van der Waals surface area contributed by atoms with Crippen LogP contribution in [0, 0.1) is 0 Å². The van der Waals surface area contributed by atoms with E-state index in [0.29, 0.717) is 32.0 Å². The van der Waals surface area contributed by atoms with E-state index in [0.717, 1.165) is 16.9 Å². The van der Waals surface area contributed by atoms with E-state index >= 15 is 0 Å². The number of nitrogens with zero attached hydrogens (tertiary/aromatic N) is 2. The van der Waals surface area contributed by atoms with E-state index in [9.17, 15) is 14.4 Å². The second kappa shape index (κ2) is 9.90. The number of anilines is 1. The summed E-state index contributed by atoms with van der Waals surface area (Å²) >= 11 is 4.53. The van der Waals surface area contributed by atoms with Crippen LogP contribution in [0.25, 0.3) is 16.5 Å². The third kappa shape index (κ3) is 4.53. The number of benzene rings is 2. The van der Waals surface area contributed by atoms with Gasteiger partial charge in [0.25, 0.3) is 11.5 Å². The molecule has 2 heterocycles. The Hall–Kier alpha value is -3.30. The van der Waals surface area contributed by atoms with Crippen LogP contribution in [-0.4, -0.2) is 28.3 Å². The molecule has 9 heteroatoms. The highest BCUT2D eigenvalue weighted by atomic mass is 79.9. The molecule has 0 saturated heterocycles. The summed E-state index contributed by atoms with van der Waals surface area (Å²) in [5, 5.41) is 9.68. The zero-order chi connectivity index (χ0) is 24.4. The quantitative estimate of drug-likeness (QED) is 0.314. The molecule has 1 N–H and O–H groups in total. The average molecular weight is 540 g/mol.